The molecule has 0 bridgehead atoms. The van der Waals surface area contributed by atoms with E-state index in [4.69, 9.17) is 25.5 Å². The van der Waals surface area contributed by atoms with Crippen LogP contribution in [0.15, 0.2) is 0 Å². The first-order valence-corrected chi connectivity index (χ1v) is 3.53. The number of hydrogen-bond donors (Lipinski definition) is 6. The second-order valence-corrected chi connectivity index (χ2v) is 2.20. The molecule has 0 atom stereocenters. The van der Waals surface area contributed by atoms with Gasteiger partial charge in [0.25, 0.3) is 5.97 Å². The lowest BCUT2D eigenvalue weighted by atomic mass is 10.3. The third-order valence-electron chi connectivity index (χ3n) is 0.823. The minimum Gasteiger partial charge on any atom is -0.481 e. The largest absolute Gasteiger partial charge is 0.481 e. The van der Waals surface area contributed by atoms with Gasteiger partial charge in [0.05, 0.1) is 6.54 Å². The summed E-state index contributed by atoms with van der Waals surface area (Å²) >= 11 is 0. The molecule has 0 saturated heterocycles. The zero-order valence-electron chi connectivity index (χ0n) is 7.05. The number of carboxylic acids is 1. The summed E-state index contributed by atoms with van der Waals surface area (Å²) in [6.07, 6.45) is 0.422. The van der Waals surface area contributed by atoms with Crippen LogP contribution in [0.4, 0.5) is 0 Å². The van der Waals surface area contributed by atoms with E-state index >= 15 is 0 Å². The molecule has 0 saturated carbocycles. The molecule has 0 aliphatic heterocycles. The maximum Gasteiger partial charge on any atom is 0.303 e. The van der Waals surface area contributed by atoms with Crippen LogP contribution in [0.1, 0.15) is 12.8 Å². The van der Waals surface area contributed by atoms with Crippen LogP contribution in [0.5, 0.6) is 0 Å². The molecule has 0 spiro atoms. The summed E-state index contributed by atoms with van der Waals surface area (Å²) in [6.45, 7) is -0.598. The molecule has 13 heavy (non-hydrogen) atoms. The first-order valence-electron chi connectivity index (χ1n) is 3.53. The number of aliphatic hydroxyl groups is 4. The van der Waals surface area contributed by atoms with Crippen LogP contribution in [0.3, 0.4) is 0 Å². The molecule has 0 amide bonds. The number of hydrogen-bond acceptors (Lipinski definition) is 6. The Labute approximate surface area is 75.0 Å². The highest BCUT2D eigenvalue weighted by atomic mass is 16.7. The Kier molecular flexibility index (Phi) is 8.97. The van der Waals surface area contributed by atoms with Crippen LogP contribution in [0.25, 0.3) is 0 Å². The van der Waals surface area contributed by atoms with Gasteiger partial charge in [0, 0.05) is 13.0 Å². The van der Waals surface area contributed by atoms with E-state index in [0.29, 0.717) is 6.42 Å². The molecule has 0 aromatic rings. The zero-order chi connectivity index (χ0) is 10.9. The SMILES string of the molecule is NCC(O)(O)O.O=C(O)CCCO. The summed E-state index contributed by atoms with van der Waals surface area (Å²) < 4.78 is 0. The molecule has 7 N–H and O–H groups in total. The van der Waals surface area contributed by atoms with Gasteiger partial charge in [-0.05, 0) is 6.42 Å². The number of nitrogens with two attached hydrogens (primary N) is 1. The van der Waals surface area contributed by atoms with Crippen molar-refractivity contribution in [3.8, 4) is 0 Å². The van der Waals surface area contributed by atoms with E-state index in [0.717, 1.165) is 0 Å². The normalized spacial score (nSPS) is 10.2. The molecule has 0 radical (unpaired) electrons. The third kappa shape index (κ3) is 24.6. The topological polar surface area (TPSA) is 144 Å². The summed E-state index contributed by atoms with van der Waals surface area (Å²) in [6, 6.07) is 0. The molecule has 0 unspecified atom stereocenters. The van der Waals surface area contributed by atoms with Gasteiger partial charge in [0.1, 0.15) is 0 Å². The lowest BCUT2D eigenvalue weighted by molar-refractivity contribution is -0.302. The van der Waals surface area contributed by atoms with Crippen molar-refractivity contribution in [3.05, 3.63) is 0 Å². The predicted octanol–water partition coefficient (Wildman–Crippen LogP) is -2.58. The molecular weight excluding hydrogens is 182 g/mol. The Morgan fingerprint density at radius 3 is 1.77 bits per heavy atom. The van der Waals surface area contributed by atoms with Gasteiger partial charge < -0.3 is 31.3 Å². The average Bonchev–Trinajstić information content (AvgIpc) is 2.01. The van der Waals surface area contributed by atoms with E-state index in [-0.39, 0.29) is 13.0 Å². The number of aliphatic carboxylic acids is 1. The number of rotatable bonds is 4. The minimum absolute atomic E-state index is 0.0354. The predicted molar refractivity (Wildman–Crippen MR) is 42.4 cm³/mol. The Morgan fingerprint density at radius 1 is 1.31 bits per heavy atom. The molecule has 7 nitrogen and oxygen atoms in total. The van der Waals surface area contributed by atoms with Crippen LogP contribution in [-0.2, 0) is 4.79 Å². The molecule has 0 aliphatic carbocycles. The second kappa shape index (κ2) is 7.90. The van der Waals surface area contributed by atoms with Crippen molar-refractivity contribution in [3.63, 3.8) is 0 Å². The molecule has 0 fully saturated rings. The second-order valence-electron chi connectivity index (χ2n) is 2.20. The average molecular weight is 197 g/mol. The molecule has 7 heteroatoms. The number of carbonyl (C=O) groups is 1. The molecule has 80 valence electrons. The van der Waals surface area contributed by atoms with Gasteiger partial charge in [-0.15, -0.1) is 0 Å². The fourth-order valence-corrected chi connectivity index (χ4v) is 0.230. The smallest absolute Gasteiger partial charge is 0.303 e. The first kappa shape index (κ1) is 14.8. The minimum atomic E-state index is -2.68. The Balaban J connectivity index is 0. The van der Waals surface area contributed by atoms with Gasteiger partial charge >= 0.3 is 5.97 Å². The molecule has 0 aliphatic rings. The van der Waals surface area contributed by atoms with E-state index in [1.165, 1.54) is 0 Å². The first-order chi connectivity index (χ1) is 5.83. The standard InChI is InChI=1S/C4H8O3.C2H7NO3/c5-3-1-2-4(6)7;3-1-2(4,5)6/h5H,1-3H2,(H,6,7);4-6H,1,3H2. The highest BCUT2D eigenvalue weighted by molar-refractivity contribution is 5.66. The summed E-state index contributed by atoms with van der Waals surface area (Å²) in [5.74, 6) is -3.53. The number of aliphatic hydroxyl groups excluding tert-OH is 1. The summed E-state index contributed by atoms with van der Waals surface area (Å²) in [4.78, 5) is 9.65. The summed E-state index contributed by atoms with van der Waals surface area (Å²) in [7, 11) is 0. The van der Waals surface area contributed by atoms with E-state index in [1.54, 1.807) is 0 Å². The van der Waals surface area contributed by atoms with Crippen molar-refractivity contribution in [2.75, 3.05) is 13.2 Å². The van der Waals surface area contributed by atoms with Crippen LogP contribution in [-0.4, -0.2) is 50.6 Å². The van der Waals surface area contributed by atoms with Crippen molar-refractivity contribution in [1.82, 2.24) is 0 Å². The highest BCUT2D eigenvalue weighted by Crippen LogP contribution is 1.83. The van der Waals surface area contributed by atoms with Gasteiger partial charge in [-0.2, -0.15) is 0 Å². The van der Waals surface area contributed by atoms with Crippen molar-refractivity contribution in [1.29, 1.82) is 0 Å². The molecule has 0 aromatic heterocycles. The van der Waals surface area contributed by atoms with E-state index in [2.05, 4.69) is 5.73 Å². The van der Waals surface area contributed by atoms with Crippen molar-refractivity contribution >= 4 is 5.97 Å². The summed E-state index contributed by atoms with van der Waals surface area (Å²) in [5, 5.41) is 39.4. The van der Waals surface area contributed by atoms with E-state index in [9.17, 15) is 4.79 Å². The van der Waals surface area contributed by atoms with Crippen molar-refractivity contribution in [2.45, 2.75) is 18.8 Å². The van der Waals surface area contributed by atoms with Crippen molar-refractivity contribution < 1.29 is 30.3 Å². The van der Waals surface area contributed by atoms with Gasteiger partial charge in [-0.1, -0.05) is 0 Å². The fourth-order valence-electron chi connectivity index (χ4n) is 0.230. The van der Waals surface area contributed by atoms with Crippen LogP contribution >= 0.6 is 0 Å². The van der Waals surface area contributed by atoms with Gasteiger partial charge in [0.2, 0.25) is 0 Å². The third-order valence-corrected chi connectivity index (χ3v) is 0.823. The molecule has 0 rings (SSSR count). The molecular formula is C6H15NO6. The Bertz CT molecular complexity index is 132. The Morgan fingerprint density at radius 2 is 1.69 bits per heavy atom. The lowest BCUT2D eigenvalue weighted by Crippen LogP contribution is -2.36. The quantitative estimate of drug-likeness (QED) is 0.271. The maximum atomic E-state index is 9.65. The molecule has 0 heterocycles. The van der Waals surface area contributed by atoms with Gasteiger partial charge in [-0.3, -0.25) is 4.79 Å². The zero-order valence-corrected chi connectivity index (χ0v) is 7.05. The van der Waals surface area contributed by atoms with Gasteiger partial charge in [0.15, 0.2) is 0 Å². The van der Waals surface area contributed by atoms with Crippen molar-refractivity contribution in [2.24, 2.45) is 5.73 Å². The van der Waals surface area contributed by atoms with Gasteiger partial charge in [-0.25, -0.2) is 0 Å². The molecule has 0 aromatic carbocycles. The fraction of sp³-hybridized carbons (Fsp3) is 0.833. The van der Waals surface area contributed by atoms with Crippen LogP contribution in [0.2, 0.25) is 0 Å². The highest BCUT2D eigenvalue weighted by Gasteiger charge is 2.12. The van der Waals surface area contributed by atoms with E-state index in [1.807, 2.05) is 0 Å². The monoisotopic (exact) mass is 197 g/mol. The number of carboxylic acid groups (broad SMARTS) is 1. The maximum absolute atomic E-state index is 9.65. The summed E-state index contributed by atoms with van der Waals surface area (Å²) in [5.41, 5.74) is 4.56. The lowest BCUT2D eigenvalue weighted by Gasteiger charge is -2.07. The van der Waals surface area contributed by atoms with E-state index < -0.39 is 18.5 Å². The van der Waals surface area contributed by atoms with Crippen LogP contribution < -0.4 is 5.73 Å². The van der Waals surface area contributed by atoms with Crippen LogP contribution in [0, 0.1) is 0 Å². The Hall–Kier alpha value is -0.730.